The van der Waals surface area contributed by atoms with Crippen molar-refractivity contribution in [1.29, 1.82) is 0 Å². The highest BCUT2D eigenvalue weighted by Crippen LogP contribution is 2.22. The number of hydrogen-bond acceptors (Lipinski definition) is 4. The van der Waals surface area contributed by atoms with Gasteiger partial charge < -0.3 is 9.52 Å². The summed E-state index contributed by atoms with van der Waals surface area (Å²) in [7, 11) is 0. The van der Waals surface area contributed by atoms with Crippen LogP contribution in [-0.4, -0.2) is 34.0 Å². The van der Waals surface area contributed by atoms with Crippen LogP contribution in [0, 0.1) is 0 Å². The minimum Gasteiger partial charge on any atom is -0.480 e. The summed E-state index contributed by atoms with van der Waals surface area (Å²) in [6, 6.07) is 7.25. The molecule has 0 atom stereocenters. The molecule has 0 bridgehead atoms. The van der Waals surface area contributed by atoms with Crippen LogP contribution < -0.4 is 0 Å². The smallest absolute Gasteiger partial charge is 0.317 e. The summed E-state index contributed by atoms with van der Waals surface area (Å²) in [4.78, 5) is 17.1. The first-order chi connectivity index (χ1) is 10.1. The number of rotatable bonds is 7. The van der Waals surface area contributed by atoms with E-state index in [4.69, 9.17) is 21.1 Å². The summed E-state index contributed by atoms with van der Waals surface area (Å²) in [5.74, 6) is -0.360. The van der Waals surface area contributed by atoms with E-state index < -0.39 is 5.97 Å². The molecular formula is C15H17ClN2O3. The number of aromatic nitrogens is 1. The molecule has 0 aliphatic carbocycles. The average Bonchev–Trinajstić information content (AvgIpc) is 2.87. The zero-order valence-electron chi connectivity index (χ0n) is 11.8. The molecule has 2 aromatic rings. The second kappa shape index (κ2) is 7.24. The number of halogens is 1. The van der Waals surface area contributed by atoms with Crippen LogP contribution in [0.1, 0.15) is 19.0 Å². The number of aliphatic carboxylic acids is 1. The third-order valence-electron chi connectivity index (χ3n) is 2.91. The van der Waals surface area contributed by atoms with Gasteiger partial charge in [-0.15, -0.1) is 0 Å². The van der Waals surface area contributed by atoms with Gasteiger partial charge in [0.05, 0.1) is 12.2 Å². The van der Waals surface area contributed by atoms with Crippen molar-refractivity contribution in [2.45, 2.75) is 19.9 Å². The first kappa shape index (κ1) is 15.5. The lowest BCUT2D eigenvalue weighted by molar-refractivity contribution is -0.138. The summed E-state index contributed by atoms with van der Waals surface area (Å²) in [6.07, 6.45) is 2.44. The Morgan fingerprint density at radius 1 is 1.48 bits per heavy atom. The van der Waals surface area contributed by atoms with E-state index in [1.165, 1.54) is 0 Å². The van der Waals surface area contributed by atoms with Crippen LogP contribution in [0.2, 0.25) is 5.02 Å². The SMILES string of the molecule is CCCN(CC(=O)O)Cc1coc(-c2cccc(Cl)c2)n1. The van der Waals surface area contributed by atoms with Gasteiger partial charge in [-0.1, -0.05) is 24.6 Å². The van der Waals surface area contributed by atoms with E-state index in [0.717, 1.165) is 12.0 Å². The molecule has 0 spiro atoms. The highest BCUT2D eigenvalue weighted by atomic mass is 35.5. The Balaban J connectivity index is 2.10. The van der Waals surface area contributed by atoms with Gasteiger partial charge in [0.15, 0.2) is 0 Å². The van der Waals surface area contributed by atoms with Crippen LogP contribution in [-0.2, 0) is 11.3 Å². The molecule has 21 heavy (non-hydrogen) atoms. The first-order valence-electron chi connectivity index (χ1n) is 6.73. The number of carboxylic acids is 1. The van der Waals surface area contributed by atoms with Crippen LogP contribution >= 0.6 is 11.6 Å². The van der Waals surface area contributed by atoms with Gasteiger partial charge in [0.25, 0.3) is 0 Å². The van der Waals surface area contributed by atoms with Crippen molar-refractivity contribution < 1.29 is 14.3 Å². The Morgan fingerprint density at radius 3 is 2.95 bits per heavy atom. The molecule has 0 fully saturated rings. The summed E-state index contributed by atoms with van der Waals surface area (Å²) in [5, 5.41) is 9.52. The van der Waals surface area contributed by atoms with Crippen molar-refractivity contribution in [1.82, 2.24) is 9.88 Å². The maximum Gasteiger partial charge on any atom is 0.317 e. The van der Waals surface area contributed by atoms with Crippen LogP contribution in [0.5, 0.6) is 0 Å². The summed E-state index contributed by atoms with van der Waals surface area (Å²) < 4.78 is 5.45. The molecule has 1 N–H and O–H groups in total. The Morgan fingerprint density at radius 2 is 2.29 bits per heavy atom. The Labute approximate surface area is 128 Å². The zero-order chi connectivity index (χ0) is 15.2. The molecule has 0 saturated heterocycles. The van der Waals surface area contributed by atoms with E-state index in [9.17, 15) is 4.79 Å². The van der Waals surface area contributed by atoms with Gasteiger partial charge in [0.1, 0.15) is 6.26 Å². The maximum absolute atomic E-state index is 10.8. The molecule has 0 saturated carbocycles. The Kier molecular flexibility index (Phi) is 5.36. The molecule has 1 aromatic heterocycles. The highest BCUT2D eigenvalue weighted by Gasteiger charge is 2.13. The third-order valence-corrected chi connectivity index (χ3v) is 3.14. The lowest BCUT2D eigenvalue weighted by atomic mass is 10.2. The Bertz CT molecular complexity index is 612. The normalized spacial score (nSPS) is 11.0. The number of carbonyl (C=O) groups is 1. The molecule has 0 radical (unpaired) electrons. The highest BCUT2D eigenvalue weighted by molar-refractivity contribution is 6.30. The van der Waals surface area contributed by atoms with E-state index in [2.05, 4.69) is 4.98 Å². The number of carboxylic acid groups (broad SMARTS) is 1. The summed E-state index contributed by atoms with van der Waals surface area (Å²) in [5.41, 5.74) is 1.51. The molecule has 1 aromatic carbocycles. The van der Waals surface area contributed by atoms with E-state index in [0.29, 0.717) is 29.7 Å². The van der Waals surface area contributed by atoms with Gasteiger partial charge in [-0.05, 0) is 31.2 Å². The summed E-state index contributed by atoms with van der Waals surface area (Å²) >= 11 is 5.94. The van der Waals surface area contributed by atoms with E-state index in [-0.39, 0.29) is 6.54 Å². The van der Waals surface area contributed by atoms with Crippen molar-refractivity contribution in [2.75, 3.05) is 13.1 Å². The van der Waals surface area contributed by atoms with Crippen LogP contribution in [0.4, 0.5) is 0 Å². The number of nitrogens with zero attached hydrogens (tertiary/aromatic N) is 2. The molecule has 2 rings (SSSR count). The average molecular weight is 309 g/mol. The second-order valence-electron chi connectivity index (χ2n) is 4.76. The first-order valence-corrected chi connectivity index (χ1v) is 7.10. The van der Waals surface area contributed by atoms with Gasteiger partial charge >= 0.3 is 5.97 Å². The quantitative estimate of drug-likeness (QED) is 0.850. The van der Waals surface area contributed by atoms with Crippen molar-refractivity contribution in [3.63, 3.8) is 0 Å². The fourth-order valence-corrected chi connectivity index (χ4v) is 2.27. The van der Waals surface area contributed by atoms with E-state index in [1.54, 1.807) is 18.4 Å². The minimum atomic E-state index is -0.845. The van der Waals surface area contributed by atoms with Gasteiger partial charge in [0, 0.05) is 17.1 Å². The lowest BCUT2D eigenvalue weighted by Gasteiger charge is -2.17. The fourth-order valence-electron chi connectivity index (χ4n) is 2.08. The molecule has 0 aliphatic heterocycles. The minimum absolute atomic E-state index is 0.00675. The predicted molar refractivity (Wildman–Crippen MR) is 80.2 cm³/mol. The molecule has 0 aliphatic rings. The summed E-state index contributed by atoms with van der Waals surface area (Å²) in [6.45, 7) is 3.15. The van der Waals surface area contributed by atoms with Crippen molar-refractivity contribution in [3.8, 4) is 11.5 Å². The van der Waals surface area contributed by atoms with E-state index in [1.807, 2.05) is 24.0 Å². The molecule has 1 heterocycles. The predicted octanol–water partition coefficient (Wildman–Crippen LogP) is 3.29. The van der Waals surface area contributed by atoms with Gasteiger partial charge in [-0.3, -0.25) is 9.69 Å². The molecular weight excluding hydrogens is 292 g/mol. The largest absolute Gasteiger partial charge is 0.480 e. The van der Waals surface area contributed by atoms with Crippen molar-refractivity contribution in [3.05, 3.63) is 41.2 Å². The van der Waals surface area contributed by atoms with Gasteiger partial charge in [-0.25, -0.2) is 4.98 Å². The number of hydrogen-bond donors (Lipinski definition) is 1. The maximum atomic E-state index is 10.8. The zero-order valence-corrected chi connectivity index (χ0v) is 12.5. The van der Waals surface area contributed by atoms with Crippen molar-refractivity contribution >= 4 is 17.6 Å². The molecule has 5 nitrogen and oxygen atoms in total. The molecule has 6 heteroatoms. The van der Waals surface area contributed by atoms with Crippen molar-refractivity contribution in [2.24, 2.45) is 0 Å². The van der Waals surface area contributed by atoms with E-state index >= 15 is 0 Å². The topological polar surface area (TPSA) is 66.6 Å². The van der Waals surface area contributed by atoms with Gasteiger partial charge in [0.2, 0.25) is 5.89 Å². The number of benzene rings is 1. The third kappa shape index (κ3) is 4.58. The Hall–Kier alpha value is -1.85. The second-order valence-corrected chi connectivity index (χ2v) is 5.20. The molecule has 0 unspecified atom stereocenters. The standard InChI is InChI=1S/C15H17ClN2O3/c1-2-6-18(9-14(19)20)8-13-10-21-15(17-13)11-4-3-5-12(16)7-11/h3-5,7,10H,2,6,8-9H2,1H3,(H,19,20). The van der Waals surface area contributed by atoms with Crippen LogP contribution in [0.15, 0.2) is 34.9 Å². The van der Waals surface area contributed by atoms with Crippen LogP contribution in [0.3, 0.4) is 0 Å². The lowest BCUT2D eigenvalue weighted by Crippen LogP contribution is -2.30. The number of oxazole rings is 1. The fraction of sp³-hybridized carbons (Fsp3) is 0.333. The monoisotopic (exact) mass is 308 g/mol. The van der Waals surface area contributed by atoms with Crippen LogP contribution in [0.25, 0.3) is 11.5 Å². The van der Waals surface area contributed by atoms with Gasteiger partial charge in [-0.2, -0.15) is 0 Å². The molecule has 0 amide bonds. The molecule has 112 valence electrons.